The van der Waals surface area contributed by atoms with Gasteiger partial charge >= 0.3 is 0 Å². The number of aromatic nitrogens is 1. The molecular weight excluding hydrogens is 136 g/mol. The molecule has 2 nitrogen and oxygen atoms in total. The number of hydrogen-bond donors (Lipinski definition) is 1. The lowest BCUT2D eigenvalue weighted by Gasteiger charge is -1.95. The molecule has 0 bridgehead atoms. The van der Waals surface area contributed by atoms with Crippen molar-refractivity contribution in [2.75, 3.05) is 5.73 Å². The second kappa shape index (κ2) is 3.56. The molecule has 0 radical (unpaired) electrons. The third kappa shape index (κ3) is 1.93. The number of nitrogens with zero attached hydrogens (tertiary/aromatic N) is 1. The summed E-state index contributed by atoms with van der Waals surface area (Å²) in [5.74, 6) is 0. The van der Waals surface area contributed by atoms with Crippen LogP contribution in [0, 0.1) is 0 Å². The van der Waals surface area contributed by atoms with Crippen molar-refractivity contribution in [2.24, 2.45) is 0 Å². The highest BCUT2D eigenvalue weighted by Gasteiger charge is 1.89. The standard InChI is InChI=1S/C9H10N2/c1-2-3-4-8-5-6-11-7-9(8)10/h2-7H,1,10H2/b4-3-. The van der Waals surface area contributed by atoms with E-state index in [1.165, 1.54) is 0 Å². The molecule has 2 N–H and O–H groups in total. The smallest absolute Gasteiger partial charge is 0.0574 e. The zero-order chi connectivity index (χ0) is 8.10. The van der Waals surface area contributed by atoms with Crippen LogP contribution in [0.15, 0.2) is 37.2 Å². The SMILES string of the molecule is C=C/C=C\c1ccncc1N. The number of anilines is 1. The molecular formula is C9H10N2. The van der Waals surface area contributed by atoms with E-state index in [0.717, 1.165) is 5.56 Å². The van der Waals surface area contributed by atoms with Gasteiger partial charge in [-0.25, -0.2) is 0 Å². The molecule has 0 fully saturated rings. The molecule has 0 amide bonds. The van der Waals surface area contributed by atoms with E-state index in [1.807, 2.05) is 18.2 Å². The lowest BCUT2D eigenvalue weighted by molar-refractivity contribution is 1.33. The summed E-state index contributed by atoms with van der Waals surface area (Å²) < 4.78 is 0. The average molecular weight is 146 g/mol. The van der Waals surface area contributed by atoms with Gasteiger partial charge in [0.15, 0.2) is 0 Å². The highest BCUT2D eigenvalue weighted by Crippen LogP contribution is 2.09. The van der Waals surface area contributed by atoms with Crippen molar-refractivity contribution in [1.29, 1.82) is 0 Å². The van der Waals surface area contributed by atoms with Crippen molar-refractivity contribution in [3.63, 3.8) is 0 Å². The van der Waals surface area contributed by atoms with E-state index in [-0.39, 0.29) is 0 Å². The molecule has 0 aromatic carbocycles. The fourth-order valence-electron chi connectivity index (χ4n) is 0.741. The number of pyridine rings is 1. The first-order valence-electron chi connectivity index (χ1n) is 3.33. The zero-order valence-corrected chi connectivity index (χ0v) is 6.20. The third-order valence-electron chi connectivity index (χ3n) is 1.30. The molecule has 0 atom stereocenters. The van der Waals surface area contributed by atoms with Crippen molar-refractivity contribution >= 4 is 11.8 Å². The van der Waals surface area contributed by atoms with Crippen LogP contribution in [0.3, 0.4) is 0 Å². The number of nitrogens with two attached hydrogens (primary N) is 1. The summed E-state index contributed by atoms with van der Waals surface area (Å²) in [6.07, 6.45) is 8.78. The van der Waals surface area contributed by atoms with E-state index in [1.54, 1.807) is 18.5 Å². The molecule has 0 unspecified atom stereocenters. The Morgan fingerprint density at radius 1 is 1.55 bits per heavy atom. The Kier molecular flexibility index (Phi) is 2.44. The van der Waals surface area contributed by atoms with Crippen LogP contribution in [0.4, 0.5) is 5.69 Å². The van der Waals surface area contributed by atoms with Crippen molar-refractivity contribution in [3.8, 4) is 0 Å². The molecule has 1 aromatic rings. The molecule has 2 heteroatoms. The van der Waals surface area contributed by atoms with Gasteiger partial charge in [0.05, 0.1) is 11.9 Å². The molecule has 0 saturated heterocycles. The van der Waals surface area contributed by atoms with Gasteiger partial charge in [-0.1, -0.05) is 24.8 Å². The van der Waals surface area contributed by atoms with Gasteiger partial charge in [-0.3, -0.25) is 4.98 Å². The van der Waals surface area contributed by atoms with Gasteiger partial charge in [0.2, 0.25) is 0 Å². The van der Waals surface area contributed by atoms with Gasteiger partial charge in [0, 0.05) is 11.8 Å². The highest BCUT2D eigenvalue weighted by atomic mass is 14.7. The van der Waals surface area contributed by atoms with Crippen LogP contribution in [0.1, 0.15) is 5.56 Å². The molecule has 0 spiro atoms. The normalized spacial score (nSPS) is 10.2. The van der Waals surface area contributed by atoms with Gasteiger partial charge in [0.1, 0.15) is 0 Å². The lowest BCUT2D eigenvalue weighted by Crippen LogP contribution is -1.88. The van der Waals surface area contributed by atoms with Gasteiger partial charge < -0.3 is 5.73 Å². The molecule has 0 aliphatic carbocycles. The van der Waals surface area contributed by atoms with Gasteiger partial charge in [0.25, 0.3) is 0 Å². The summed E-state index contributed by atoms with van der Waals surface area (Å²) in [6.45, 7) is 3.56. The monoisotopic (exact) mass is 146 g/mol. The molecule has 1 aromatic heterocycles. The average Bonchev–Trinajstić information content (AvgIpc) is 2.03. The lowest BCUT2D eigenvalue weighted by atomic mass is 10.2. The van der Waals surface area contributed by atoms with Gasteiger partial charge in [-0.05, 0) is 6.07 Å². The Hall–Kier alpha value is -1.57. The van der Waals surface area contributed by atoms with E-state index in [0.29, 0.717) is 5.69 Å². The Bertz CT molecular complexity index is 277. The topological polar surface area (TPSA) is 38.9 Å². The van der Waals surface area contributed by atoms with Crippen LogP contribution in [0.25, 0.3) is 6.08 Å². The fraction of sp³-hybridized carbons (Fsp3) is 0. The Morgan fingerprint density at radius 2 is 2.36 bits per heavy atom. The number of rotatable bonds is 2. The largest absolute Gasteiger partial charge is 0.397 e. The fourth-order valence-corrected chi connectivity index (χ4v) is 0.741. The minimum atomic E-state index is 0.686. The van der Waals surface area contributed by atoms with E-state index in [4.69, 9.17) is 5.73 Å². The maximum Gasteiger partial charge on any atom is 0.0574 e. The second-order valence-electron chi connectivity index (χ2n) is 2.10. The van der Waals surface area contributed by atoms with Gasteiger partial charge in [-0.2, -0.15) is 0 Å². The van der Waals surface area contributed by atoms with Crippen LogP contribution >= 0.6 is 0 Å². The summed E-state index contributed by atoms with van der Waals surface area (Å²) in [6, 6.07) is 1.86. The zero-order valence-electron chi connectivity index (χ0n) is 6.20. The van der Waals surface area contributed by atoms with Crippen molar-refractivity contribution in [2.45, 2.75) is 0 Å². The Balaban J connectivity index is 2.94. The summed E-state index contributed by atoms with van der Waals surface area (Å²) >= 11 is 0. The van der Waals surface area contributed by atoms with E-state index in [9.17, 15) is 0 Å². The van der Waals surface area contributed by atoms with E-state index in [2.05, 4.69) is 11.6 Å². The van der Waals surface area contributed by atoms with Crippen LogP contribution < -0.4 is 5.73 Å². The summed E-state index contributed by atoms with van der Waals surface area (Å²) in [4.78, 5) is 3.87. The molecule has 0 aliphatic heterocycles. The Labute approximate surface area is 66.1 Å². The van der Waals surface area contributed by atoms with E-state index >= 15 is 0 Å². The molecule has 1 rings (SSSR count). The molecule has 0 saturated carbocycles. The number of hydrogen-bond acceptors (Lipinski definition) is 2. The predicted molar refractivity (Wildman–Crippen MR) is 47.9 cm³/mol. The third-order valence-corrected chi connectivity index (χ3v) is 1.30. The minimum Gasteiger partial charge on any atom is -0.397 e. The number of allylic oxidation sites excluding steroid dienone is 2. The first-order chi connectivity index (χ1) is 5.34. The minimum absolute atomic E-state index is 0.686. The van der Waals surface area contributed by atoms with Crippen LogP contribution in [-0.4, -0.2) is 4.98 Å². The number of nitrogen functional groups attached to an aromatic ring is 1. The summed E-state index contributed by atoms with van der Waals surface area (Å²) in [5, 5.41) is 0. The van der Waals surface area contributed by atoms with Crippen LogP contribution in [-0.2, 0) is 0 Å². The Morgan fingerprint density at radius 3 is 3.00 bits per heavy atom. The van der Waals surface area contributed by atoms with Gasteiger partial charge in [-0.15, -0.1) is 0 Å². The first-order valence-corrected chi connectivity index (χ1v) is 3.33. The molecule has 0 aliphatic rings. The maximum absolute atomic E-state index is 5.61. The highest BCUT2D eigenvalue weighted by molar-refractivity contribution is 5.63. The molecule has 56 valence electrons. The predicted octanol–water partition coefficient (Wildman–Crippen LogP) is 1.86. The van der Waals surface area contributed by atoms with Crippen molar-refractivity contribution in [1.82, 2.24) is 4.98 Å². The van der Waals surface area contributed by atoms with Crippen molar-refractivity contribution < 1.29 is 0 Å². The quantitative estimate of drug-likeness (QED) is 0.647. The summed E-state index contributed by atoms with van der Waals surface area (Å²) in [7, 11) is 0. The molecule has 11 heavy (non-hydrogen) atoms. The first kappa shape index (κ1) is 7.54. The van der Waals surface area contributed by atoms with E-state index < -0.39 is 0 Å². The summed E-state index contributed by atoms with van der Waals surface area (Å²) in [5.41, 5.74) is 7.27. The van der Waals surface area contributed by atoms with Crippen LogP contribution in [0.2, 0.25) is 0 Å². The van der Waals surface area contributed by atoms with Crippen LogP contribution in [0.5, 0.6) is 0 Å². The second-order valence-corrected chi connectivity index (χ2v) is 2.10. The molecule has 1 heterocycles. The maximum atomic E-state index is 5.61. The van der Waals surface area contributed by atoms with Crippen molar-refractivity contribution in [3.05, 3.63) is 42.8 Å².